The maximum Gasteiger partial charge on any atom is 0.257 e. The number of hydrogen-bond donors (Lipinski definition) is 1. The van der Waals surface area contributed by atoms with Crippen LogP contribution < -0.4 is 4.74 Å². The van der Waals surface area contributed by atoms with E-state index in [4.69, 9.17) is 9.72 Å². The summed E-state index contributed by atoms with van der Waals surface area (Å²) in [5.41, 5.74) is 1.84. The van der Waals surface area contributed by atoms with E-state index < -0.39 is 0 Å². The van der Waals surface area contributed by atoms with E-state index in [1.165, 1.54) is 12.8 Å². The lowest BCUT2D eigenvalue weighted by Gasteiger charge is -2.31. The maximum absolute atomic E-state index is 13.1. The van der Waals surface area contributed by atoms with Gasteiger partial charge in [-0.1, -0.05) is 12.1 Å². The Balaban J connectivity index is 1.35. The van der Waals surface area contributed by atoms with Crippen LogP contribution in [0.4, 0.5) is 0 Å². The third-order valence-electron chi connectivity index (χ3n) is 5.50. The number of amides is 1. The average Bonchev–Trinajstić information content (AvgIpc) is 3.19. The second kappa shape index (κ2) is 5.86. The van der Waals surface area contributed by atoms with E-state index in [1.54, 1.807) is 0 Å². The summed E-state index contributed by atoms with van der Waals surface area (Å²) in [6.45, 7) is 2.15. The van der Waals surface area contributed by atoms with Gasteiger partial charge in [0.25, 0.3) is 5.91 Å². The Hall–Kier alpha value is -2.37. The fraction of sp³-hybridized carbons (Fsp3) is 0.526. The minimum atomic E-state index is 0.0707. The lowest BCUT2D eigenvalue weighted by Crippen LogP contribution is -2.39. The van der Waals surface area contributed by atoms with Crippen molar-refractivity contribution in [3.05, 3.63) is 41.0 Å². The van der Waals surface area contributed by atoms with E-state index in [-0.39, 0.29) is 11.8 Å². The first kappa shape index (κ1) is 14.9. The predicted octanol–water partition coefficient (Wildman–Crippen LogP) is 2.64. The van der Waals surface area contributed by atoms with Gasteiger partial charge >= 0.3 is 0 Å². The lowest BCUT2D eigenvalue weighted by atomic mass is 9.96. The Morgan fingerprint density at radius 1 is 1.24 bits per heavy atom. The Labute approximate surface area is 146 Å². The zero-order valence-electron chi connectivity index (χ0n) is 14.2. The number of carbonyl (C=O) groups excluding carboxylic acids is 1. The first-order valence-electron chi connectivity index (χ1n) is 9.26. The van der Waals surface area contributed by atoms with Crippen molar-refractivity contribution >= 4 is 5.91 Å². The molecule has 3 heterocycles. The number of nitrogens with zero attached hydrogens (tertiary/aromatic N) is 3. The summed E-state index contributed by atoms with van der Waals surface area (Å²) < 4.78 is 5.71. The number of hydrogen-bond acceptors (Lipinski definition) is 4. The van der Waals surface area contributed by atoms with E-state index in [9.17, 15) is 4.79 Å². The molecule has 1 aromatic carbocycles. The molecule has 130 valence electrons. The van der Waals surface area contributed by atoms with Crippen LogP contribution in [0, 0.1) is 0 Å². The molecule has 1 saturated carbocycles. The van der Waals surface area contributed by atoms with Crippen LogP contribution in [0.25, 0.3) is 0 Å². The topological polar surface area (TPSA) is 71.1 Å². The molecule has 1 atom stereocenters. The third-order valence-corrected chi connectivity index (χ3v) is 5.50. The van der Waals surface area contributed by atoms with Crippen LogP contribution in [0.5, 0.6) is 5.75 Å². The fourth-order valence-electron chi connectivity index (χ4n) is 3.94. The number of nitrogens with one attached hydrogen (secondary N) is 1. The molecule has 5 rings (SSSR count). The van der Waals surface area contributed by atoms with Gasteiger partial charge in [-0.05, 0) is 37.3 Å². The molecule has 2 aliphatic heterocycles. The summed E-state index contributed by atoms with van der Waals surface area (Å²) in [5.74, 6) is 3.54. The van der Waals surface area contributed by atoms with Crippen LogP contribution in [0.1, 0.15) is 65.1 Å². The zero-order chi connectivity index (χ0) is 16.8. The van der Waals surface area contributed by atoms with Crippen LogP contribution in [0.15, 0.2) is 18.2 Å². The van der Waals surface area contributed by atoms with Crippen molar-refractivity contribution in [1.29, 1.82) is 0 Å². The number of rotatable bonds is 3. The maximum atomic E-state index is 13.1. The monoisotopic (exact) mass is 338 g/mol. The zero-order valence-corrected chi connectivity index (χ0v) is 14.2. The number of aromatic nitrogens is 3. The number of H-pyrrole nitrogens is 1. The summed E-state index contributed by atoms with van der Waals surface area (Å²) >= 11 is 0. The quantitative estimate of drug-likeness (QED) is 0.934. The molecule has 6 nitrogen and oxygen atoms in total. The van der Waals surface area contributed by atoms with Gasteiger partial charge in [-0.15, -0.1) is 0 Å². The standard InChI is InChI=1S/C19H22N4O2/c24-19(15-5-1-3-12-8-10-25-16(12)15)23-9-2-4-14(11-23)18-20-17(21-22-18)13-6-7-13/h1,3,5,13-14H,2,4,6-11H2,(H,20,21,22). The van der Waals surface area contributed by atoms with E-state index in [2.05, 4.69) is 10.2 Å². The highest BCUT2D eigenvalue weighted by Gasteiger charge is 2.32. The number of para-hydroxylation sites is 1. The molecule has 25 heavy (non-hydrogen) atoms. The summed E-state index contributed by atoms with van der Waals surface area (Å²) in [6.07, 6.45) is 5.33. The highest BCUT2D eigenvalue weighted by Crippen LogP contribution is 2.38. The average molecular weight is 338 g/mol. The van der Waals surface area contributed by atoms with Gasteiger partial charge in [-0.3, -0.25) is 9.89 Å². The molecule has 1 aromatic heterocycles. The van der Waals surface area contributed by atoms with Gasteiger partial charge in [-0.25, -0.2) is 4.98 Å². The molecule has 1 N–H and O–H groups in total. The molecular weight excluding hydrogens is 316 g/mol. The van der Waals surface area contributed by atoms with Crippen molar-refractivity contribution in [3.8, 4) is 5.75 Å². The van der Waals surface area contributed by atoms with Crippen molar-refractivity contribution < 1.29 is 9.53 Å². The number of ether oxygens (including phenoxy) is 1. The Bertz CT molecular complexity index is 812. The third kappa shape index (κ3) is 2.69. The molecule has 0 spiro atoms. The molecule has 0 radical (unpaired) electrons. The van der Waals surface area contributed by atoms with Crippen LogP contribution in [0.3, 0.4) is 0 Å². The van der Waals surface area contributed by atoms with Crippen LogP contribution >= 0.6 is 0 Å². The SMILES string of the molecule is O=C(c1cccc2c1OCC2)N1CCCC(c2n[nH]c(C3CC3)n2)C1. The fourth-order valence-corrected chi connectivity index (χ4v) is 3.94. The van der Waals surface area contributed by atoms with E-state index >= 15 is 0 Å². The van der Waals surface area contributed by atoms with Gasteiger partial charge < -0.3 is 9.64 Å². The molecule has 2 fully saturated rings. The van der Waals surface area contributed by atoms with Crippen molar-refractivity contribution in [3.63, 3.8) is 0 Å². The molecule has 1 aliphatic carbocycles. The van der Waals surface area contributed by atoms with Gasteiger partial charge in [0.05, 0.1) is 12.2 Å². The lowest BCUT2D eigenvalue weighted by molar-refractivity contribution is 0.0701. The molecule has 6 heteroatoms. The normalized spacial score (nSPS) is 22.6. The van der Waals surface area contributed by atoms with Gasteiger partial charge in [0.1, 0.15) is 11.6 Å². The Morgan fingerprint density at radius 2 is 2.16 bits per heavy atom. The Kier molecular flexibility index (Phi) is 3.50. The van der Waals surface area contributed by atoms with Gasteiger partial charge in [0, 0.05) is 31.3 Å². The minimum absolute atomic E-state index is 0.0707. The summed E-state index contributed by atoms with van der Waals surface area (Å²) in [7, 11) is 0. The van der Waals surface area contributed by atoms with Crippen molar-refractivity contribution in [2.75, 3.05) is 19.7 Å². The number of likely N-dealkylation sites (tertiary alicyclic amines) is 1. The predicted molar refractivity (Wildman–Crippen MR) is 91.9 cm³/mol. The van der Waals surface area contributed by atoms with Crippen LogP contribution in [0.2, 0.25) is 0 Å². The van der Waals surface area contributed by atoms with Crippen molar-refractivity contribution in [1.82, 2.24) is 20.1 Å². The number of aromatic amines is 1. The van der Waals surface area contributed by atoms with E-state index in [0.29, 0.717) is 24.6 Å². The van der Waals surface area contributed by atoms with Crippen LogP contribution in [-0.4, -0.2) is 45.7 Å². The Morgan fingerprint density at radius 3 is 3.04 bits per heavy atom. The smallest absolute Gasteiger partial charge is 0.257 e. The van der Waals surface area contributed by atoms with Crippen LogP contribution in [-0.2, 0) is 6.42 Å². The molecule has 1 saturated heterocycles. The van der Waals surface area contributed by atoms with E-state index in [1.807, 2.05) is 23.1 Å². The second-order valence-corrected chi connectivity index (χ2v) is 7.34. The molecule has 1 amide bonds. The summed E-state index contributed by atoms with van der Waals surface area (Å²) in [5, 5.41) is 7.52. The number of carbonyl (C=O) groups is 1. The van der Waals surface area contributed by atoms with Crippen molar-refractivity contribution in [2.24, 2.45) is 0 Å². The first-order valence-corrected chi connectivity index (χ1v) is 9.26. The number of benzene rings is 1. The highest BCUT2D eigenvalue weighted by molar-refractivity contribution is 5.97. The van der Waals surface area contributed by atoms with Gasteiger partial charge in [-0.2, -0.15) is 5.10 Å². The molecule has 2 aromatic rings. The second-order valence-electron chi connectivity index (χ2n) is 7.34. The summed E-state index contributed by atoms with van der Waals surface area (Å²) in [6, 6.07) is 5.89. The molecule has 3 aliphatic rings. The first-order chi connectivity index (χ1) is 12.3. The molecular formula is C19H22N4O2. The largest absolute Gasteiger partial charge is 0.492 e. The molecule has 1 unspecified atom stereocenters. The van der Waals surface area contributed by atoms with Gasteiger partial charge in [0.15, 0.2) is 5.82 Å². The highest BCUT2D eigenvalue weighted by atomic mass is 16.5. The van der Waals surface area contributed by atoms with E-state index in [0.717, 1.165) is 48.8 Å². The number of fused-ring (bicyclic) bond motifs is 1. The molecule has 0 bridgehead atoms. The van der Waals surface area contributed by atoms with Gasteiger partial charge in [0.2, 0.25) is 0 Å². The number of piperidine rings is 1. The minimum Gasteiger partial charge on any atom is -0.492 e. The van der Waals surface area contributed by atoms with Crippen molar-refractivity contribution in [2.45, 2.75) is 43.9 Å². The summed E-state index contributed by atoms with van der Waals surface area (Å²) in [4.78, 5) is 19.7.